The molecule has 1 aromatic heterocycles. The highest BCUT2D eigenvalue weighted by Crippen LogP contribution is 2.23. The van der Waals surface area contributed by atoms with Crippen LogP contribution in [0.5, 0.6) is 0 Å². The summed E-state index contributed by atoms with van der Waals surface area (Å²) in [6, 6.07) is -0.0509. The molecule has 0 saturated heterocycles. The van der Waals surface area contributed by atoms with Crippen molar-refractivity contribution in [3.05, 3.63) is 12.4 Å². The van der Waals surface area contributed by atoms with Crippen LogP contribution in [0.3, 0.4) is 0 Å². The van der Waals surface area contributed by atoms with Gasteiger partial charge in [-0.3, -0.25) is 4.68 Å². The molecule has 1 aromatic rings. The fraction of sp³-hybridized carbons (Fsp3) is 0.769. The lowest BCUT2D eigenvalue weighted by molar-refractivity contribution is 0.107. The van der Waals surface area contributed by atoms with E-state index in [1.54, 1.807) is 18.0 Å². The Morgan fingerprint density at radius 1 is 1.48 bits per heavy atom. The summed E-state index contributed by atoms with van der Waals surface area (Å²) in [5, 5.41) is 7.27. The van der Waals surface area contributed by atoms with Crippen molar-refractivity contribution in [2.24, 2.45) is 0 Å². The molecule has 0 aliphatic heterocycles. The molecular weight excluding hydrogens is 292 g/mol. The normalized spacial score (nSPS) is 22.8. The van der Waals surface area contributed by atoms with Crippen LogP contribution in [0.1, 0.15) is 26.2 Å². The molecule has 0 bridgehead atoms. The molecule has 0 aromatic carbocycles. The molecule has 2 atom stereocenters. The minimum atomic E-state index is -3.49. The molecule has 2 N–H and O–H groups in total. The van der Waals surface area contributed by atoms with Crippen LogP contribution in [-0.4, -0.2) is 50.5 Å². The Hall–Kier alpha value is -0.960. The van der Waals surface area contributed by atoms with Crippen LogP contribution in [0.25, 0.3) is 0 Å². The van der Waals surface area contributed by atoms with Crippen molar-refractivity contribution in [2.45, 2.75) is 49.8 Å². The van der Waals surface area contributed by atoms with Crippen molar-refractivity contribution < 1.29 is 13.2 Å². The second-order valence-corrected chi connectivity index (χ2v) is 7.00. The second kappa shape index (κ2) is 7.35. The van der Waals surface area contributed by atoms with Crippen LogP contribution in [0, 0.1) is 0 Å². The maximum atomic E-state index is 12.3. The molecule has 8 heteroatoms. The largest absolute Gasteiger partial charge is 0.381 e. The number of hydrogen-bond donors (Lipinski definition) is 2. The standard InChI is InChI=1S/C13H24N4O3S/c1-3-14-6-7-17-10-13(9-15-17)21(18,19)16-11-4-5-12(8-11)20-2/h9-12,14,16H,3-8H2,1-2H3. The zero-order valence-electron chi connectivity index (χ0n) is 12.6. The summed E-state index contributed by atoms with van der Waals surface area (Å²) in [6.07, 6.45) is 5.56. The lowest BCUT2D eigenvalue weighted by atomic mass is 10.3. The topological polar surface area (TPSA) is 85.2 Å². The van der Waals surface area contributed by atoms with E-state index >= 15 is 0 Å². The Kier molecular flexibility index (Phi) is 5.74. The number of likely N-dealkylation sites (N-methyl/N-ethyl adjacent to an activating group) is 1. The van der Waals surface area contributed by atoms with Crippen molar-refractivity contribution in [3.63, 3.8) is 0 Å². The van der Waals surface area contributed by atoms with Crippen molar-refractivity contribution in [3.8, 4) is 0 Å². The van der Waals surface area contributed by atoms with Crippen LogP contribution in [0.15, 0.2) is 17.3 Å². The molecule has 21 heavy (non-hydrogen) atoms. The van der Waals surface area contributed by atoms with Gasteiger partial charge in [0, 0.05) is 25.9 Å². The molecule has 1 aliphatic rings. The summed E-state index contributed by atoms with van der Waals surface area (Å²) >= 11 is 0. The number of rotatable bonds is 8. The molecule has 1 saturated carbocycles. The molecule has 120 valence electrons. The smallest absolute Gasteiger partial charge is 0.243 e. The number of methoxy groups -OCH3 is 1. The van der Waals surface area contributed by atoms with Gasteiger partial charge in [-0.05, 0) is 25.8 Å². The number of nitrogens with one attached hydrogen (secondary N) is 2. The zero-order chi connectivity index (χ0) is 15.3. The first-order chi connectivity index (χ1) is 10.0. The van der Waals surface area contributed by atoms with Crippen LogP contribution in [0.2, 0.25) is 0 Å². The van der Waals surface area contributed by atoms with E-state index in [0.717, 1.165) is 32.4 Å². The maximum Gasteiger partial charge on any atom is 0.243 e. The summed E-state index contributed by atoms with van der Waals surface area (Å²) in [5.41, 5.74) is 0. The molecule has 1 heterocycles. The zero-order valence-corrected chi connectivity index (χ0v) is 13.4. The monoisotopic (exact) mass is 316 g/mol. The fourth-order valence-electron chi connectivity index (χ4n) is 2.52. The molecule has 1 aliphatic carbocycles. The highest BCUT2D eigenvalue weighted by molar-refractivity contribution is 7.89. The summed E-state index contributed by atoms with van der Waals surface area (Å²) in [4.78, 5) is 0.222. The second-order valence-electron chi connectivity index (χ2n) is 5.28. The lowest BCUT2D eigenvalue weighted by Gasteiger charge is -2.12. The maximum absolute atomic E-state index is 12.3. The molecule has 2 rings (SSSR count). The molecule has 0 radical (unpaired) electrons. The highest BCUT2D eigenvalue weighted by Gasteiger charge is 2.29. The molecule has 1 fully saturated rings. The minimum absolute atomic E-state index is 0.0509. The predicted molar refractivity (Wildman–Crippen MR) is 79.5 cm³/mol. The van der Waals surface area contributed by atoms with Gasteiger partial charge < -0.3 is 10.1 Å². The van der Waals surface area contributed by atoms with E-state index in [9.17, 15) is 8.42 Å². The average molecular weight is 316 g/mol. The third-order valence-electron chi connectivity index (χ3n) is 3.73. The van der Waals surface area contributed by atoms with Gasteiger partial charge in [0.15, 0.2) is 0 Å². The van der Waals surface area contributed by atoms with Gasteiger partial charge in [0.05, 0.1) is 18.8 Å². The summed E-state index contributed by atoms with van der Waals surface area (Å²) < 4.78 is 34.3. The Morgan fingerprint density at radius 3 is 2.95 bits per heavy atom. The summed E-state index contributed by atoms with van der Waals surface area (Å²) in [6.45, 7) is 4.33. The Labute approximate surface area is 126 Å². The number of ether oxygens (including phenoxy) is 1. The van der Waals surface area contributed by atoms with Crippen LogP contribution in [0.4, 0.5) is 0 Å². The van der Waals surface area contributed by atoms with Gasteiger partial charge in [-0.15, -0.1) is 0 Å². The first-order valence-electron chi connectivity index (χ1n) is 7.33. The van der Waals surface area contributed by atoms with Gasteiger partial charge in [0.1, 0.15) is 4.90 Å². The number of sulfonamides is 1. The minimum Gasteiger partial charge on any atom is -0.381 e. The van der Waals surface area contributed by atoms with E-state index < -0.39 is 10.0 Å². The van der Waals surface area contributed by atoms with Crippen molar-refractivity contribution >= 4 is 10.0 Å². The number of nitrogens with zero attached hydrogens (tertiary/aromatic N) is 2. The summed E-state index contributed by atoms with van der Waals surface area (Å²) in [5.74, 6) is 0. The van der Waals surface area contributed by atoms with E-state index in [0.29, 0.717) is 6.54 Å². The van der Waals surface area contributed by atoms with Crippen LogP contribution < -0.4 is 10.0 Å². The summed E-state index contributed by atoms with van der Waals surface area (Å²) in [7, 11) is -1.83. The first-order valence-corrected chi connectivity index (χ1v) is 8.81. The van der Waals surface area contributed by atoms with Gasteiger partial charge in [0.25, 0.3) is 0 Å². The average Bonchev–Trinajstić information content (AvgIpc) is 3.08. The number of aromatic nitrogens is 2. The SMILES string of the molecule is CCNCCn1cc(S(=O)(=O)NC2CCC(OC)C2)cn1. The third-order valence-corrected chi connectivity index (χ3v) is 5.20. The quantitative estimate of drug-likeness (QED) is 0.676. The molecule has 7 nitrogen and oxygen atoms in total. The van der Waals surface area contributed by atoms with E-state index in [4.69, 9.17) is 4.74 Å². The van der Waals surface area contributed by atoms with Gasteiger partial charge in [-0.2, -0.15) is 5.10 Å². The molecule has 2 unspecified atom stereocenters. The van der Waals surface area contributed by atoms with E-state index in [1.807, 2.05) is 6.92 Å². The highest BCUT2D eigenvalue weighted by atomic mass is 32.2. The van der Waals surface area contributed by atoms with E-state index in [-0.39, 0.29) is 17.0 Å². The van der Waals surface area contributed by atoms with Crippen LogP contribution in [-0.2, 0) is 21.3 Å². The van der Waals surface area contributed by atoms with Crippen molar-refractivity contribution in [1.29, 1.82) is 0 Å². The third kappa shape index (κ3) is 4.50. The Balaban J connectivity index is 1.93. The predicted octanol–water partition coefficient (Wildman–Crippen LogP) is 0.338. The van der Waals surface area contributed by atoms with Crippen molar-refractivity contribution in [1.82, 2.24) is 19.8 Å². The van der Waals surface area contributed by atoms with Gasteiger partial charge in [0.2, 0.25) is 10.0 Å². The number of hydrogen-bond acceptors (Lipinski definition) is 5. The van der Waals surface area contributed by atoms with Crippen LogP contribution >= 0.6 is 0 Å². The van der Waals surface area contributed by atoms with Gasteiger partial charge in [-0.25, -0.2) is 13.1 Å². The van der Waals surface area contributed by atoms with E-state index in [2.05, 4.69) is 15.1 Å². The lowest BCUT2D eigenvalue weighted by Crippen LogP contribution is -2.33. The molecular formula is C13H24N4O3S. The molecule has 0 spiro atoms. The fourth-order valence-corrected chi connectivity index (χ4v) is 3.76. The Morgan fingerprint density at radius 2 is 2.29 bits per heavy atom. The van der Waals surface area contributed by atoms with Gasteiger partial charge >= 0.3 is 0 Å². The Bertz CT molecular complexity index is 543. The molecule has 0 amide bonds. The van der Waals surface area contributed by atoms with Gasteiger partial charge in [-0.1, -0.05) is 6.92 Å². The van der Waals surface area contributed by atoms with Crippen molar-refractivity contribution in [2.75, 3.05) is 20.2 Å². The first kappa shape index (κ1) is 16.4. The van der Waals surface area contributed by atoms with E-state index in [1.165, 1.54) is 6.20 Å².